The molecule has 0 radical (unpaired) electrons. The predicted molar refractivity (Wildman–Crippen MR) is 270 cm³/mol. The van der Waals surface area contributed by atoms with Crippen molar-refractivity contribution in [2.75, 3.05) is 0 Å². The highest BCUT2D eigenvalue weighted by Crippen LogP contribution is 2.51. The van der Waals surface area contributed by atoms with Crippen LogP contribution in [0.3, 0.4) is 0 Å². The predicted octanol–water partition coefficient (Wildman–Crippen LogP) is 15.3. The molecule has 0 amide bonds. The van der Waals surface area contributed by atoms with Crippen LogP contribution in [-0.4, -0.2) is 24.1 Å². The van der Waals surface area contributed by atoms with Gasteiger partial charge in [-0.05, 0) is 69.2 Å². The second-order valence-corrected chi connectivity index (χ2v) is 19.1. The van der Waals surface area contributed by atoms with E-state index in [1.165, 1.54) is 38.6 Å². The van der Waals surface area contributed by atoms with Crippen LogP contribution < -0.4 is 0 Å². The third-order valence-electron chi connectivity index (χ3n) is 14.5. The van der Waals surface area contributed by atoms with E-state index < -0.39 is 0 Å². The van der Waals surface area contributed by atoms with Crippen LogP contribution in [0.4, 0.5) is 0 Å². The molecule has 8 aromatic carbocycles. The summed E-state index contributed by atoms with van der Waals surface area (Å²) in [7, 11) is 0. The molecule has 3 aromatic heterocycles. The van der Waals surface area contributed by atoms with Crippen molar-refractivity contribution in [3.8, 4) is 56.7 Å². The van der Waals surface area contributed by atoms with Gasteiger partial charge in [0.15, 0.2) is 11.6 Å². The average Bonchev–Trinajstić information content (AvgIpc) is 3.87. The molecule has 0 N–H and O–H groups in total. The standard InChI is InChI=1S/C60H49N5/c1-38-37-59(2,3)50-36-43(32-35-49(50)60(38,4)5)44-22-12-15-25-51(44)64-52-26-16-13-23-45(52)47-33-34-48-46-24-14-17-27-53(46)65(55(48)54(47)64)58-62-56(41-20-10-7-11-21-41)61-57(63-58)42-30-28-40(29-31-42)39-18-8-6-9-19-39/h6-36,38H,37H2,1-5H3. The van der Waals surface area contributed by atoms with E-state index in [-0.39, 0.29) is 10.8 Å². The number of hydrogen-bond acceptors (Lipinski definition) is 3. The maximum Gasteiger partial charge on any atom is 0.238 e. The Hall–Kier alpha value is -7.63. The normalized spacial score (nSPS) is 15.5. The van der Waals surface area contributed by atoms with Crippen LogP contribution in [0.25, 0.3) is 100 Å². The molecule has 1 aliphatic rings. The zero-order valence-corrected chi connectivity index (χ0v) is 37.4. The van der Waals surface area contributed by atoms with Crippen LogP contribution >= 0.6 is 0 Å². The first-order valence-electron chi connectivity index (χ1n) is 22.8. The summed E-state index contributed by atoms with van der Waals surface area (Å²) in [4.78, 5) is 15.9. The first-order valence-corrected chi connectivity index (χ1v) is 22.8. The molecule has 0 fully saturated rings. The summed E-state index contributed by atoms with van der Waals surface area (Å²) < 4.78 is 4.78. The van der Waals surface area contributed by atoms with Crippen LogP contribution in [0.5, 0.6) is 0 Å². The summed E-state index contributed by atoms with van der Waals surface area (Å²) >= 11 is 0. The first kappa shape index (κ1) is 39.0. The summed E-state index contributed by atoms with van der Waals surface area (Å²) in [5, 5.41) is 4.64. The summed E-state index contributed by atoms with van der Waals surface area (Å²) in [6.45, 7) is 12.1. The van der Waals surface area contributed by atoms with Crippen LogP contribution in [0.2, 0.25) is 0 Å². The number of fused-ring (bicyclic) bond motifs is 8. The van der Waals surface area contributed by atoms with Crippen LogP contribution in [0.1, 0.15) is 52.2 Å². The van der Waals surface area contributed by atoms with Crippen LogP contribution in [0, 0.1) is 5.92 Å². The molecule has 0 bridgehead atoms. The number of para-hydroxylation sites is 3. The minimum Gasteiger partial charge on any atom is -0.307 e. The Morgan fingerprint density at radius 1 is 0.431 bits per heavy atom. The topological polar surface area (TPSA) is 48.5 Å². The van der Waals surface area contributed by atoms with Gasteiger partial charge in [0.25, 0.3) is 0 Å². The molecule has 12 rings (SSSR count). The van der Waals surface area contributed by atoms with Crippen LogP contribution in [-0.2, 0) is 10.8 Å². The molecule has 314 valence electrons. The van der Waals surface area contributed by atoms with Crippen molar-refractivity contribution in [1.29, 1.82) is 0 Å². The number of benzene rings is 8. The lowest BCUT2D eigenvalue weighted by Crippen LogP contribution is -2.40. The zero-order valence-electron chi connectivity index (χ0n) is 37.4. The molecule has 1 unspecified atom stereocenters. The molecule has 5 heteroatoms. The lowest BCUT2D eigenvalue weighted by Gasteiger charge is -2.46. The van der Waals surface area contributed by atoms with E-state index in [4.69, 9.17) is 15.0 Å². The van der Waals surface area contributed by atoms with Crippen molar-refractivity contribution in [3.05, 3.63) is 199 Å². The Morgan fingerprint density at radius 2 is 0.923 bits per heavy atom. The van der Waals surface area contributed by atoms with Crippen molar-refractivity contribution in [3.63, 3.8) is 0 Å². The smallest absolute Gasteiger partial charge is 0.238 e. The first-order chi connectivity index (χ1) is 31.7. The fourth-order valence-corrected chi connectivity index (χ4v) is 10.9. The van der Waals surface area contributed by atoms with Gasteiger partial charge < -0.3 is 4.57 Å². The van der Waals surface area contributed by atoms with Crippen molar-refractivity contribution < 1.29 is 0 Å². The fourth-order valence-electron chi connectivity index (χ4n) is 10.9. The van der Waals surface area contributed by atoms with E-state index in [1.54, 1.807) is 0 Å². The average molecular weight is 840 g/mol. The summed E-state index contributed by atoms with van der Waals surface area (Å²) in [5.74, 6) is 2.39. The van der Waals surface area contributed by atoms with E-state index in [2.05, 4.69) is 208 Å². The Morgan fingerprint density at radius 3 is 1.58 bits per heavy atom. The van der Waals surface area contributed by atoms with Gasteiger partial charge in [-0.2, -0.15) is 9.97 Å². The molecule has 1 aliphatic carbocycles. The third-order valence-corrected chi connectivity index (χ3v) is 14.5. The summed E-state index contributed by atoms with van der Waals surface area (Å²) in [6.07, 6.45) is 1.15. The maximum absolute atomic E-state index is 5.41. The van der Waals surface area contributed by atoms with Gasteiger partial charge in [0, 0.05) is 38.2 Å². The molecular weight excluding hydrogens is 791 g/mol. The zero-order chi connectivity index (χ0) is 44.0. The monoisotopic (exact) mass is 839 g/mol. The molecule has 65 heavy (non-hydrogen) atoms. The molecule has 3 heterocycles. The van der Waals surface area contributed by atoms with Crippen molar-refractivity contribution in [2.24, 2.45) is 5.92 Å². The third kappa shape index (κ3) is 6.17. The van der Waals surface area contributed by atoms with Gasteiger partial charge in [-0.3, -0.25) is 4.57 Å². The van der Waals surface area contributed by atoms with Gasteiger partial charge >= 0.3 is 0 Å². The lowest BCUT2D eigenvalue weighted by atomic mass is 9.58. The molecule has 5 nitrogen and oxygen atoms in total. The van der Waals surface area contributed by atoms with Gasteiger partial charge in [0.05, 0.1) is 27.8 Å². The number of nitrogens with zero attached hydrogens (tertiary/aromatic N) is 5. The van der Waals surface area contributed by atoms with Gasteiger partial charge in [0.2, 0.25) is 5.95 Å². The second-order valence-electron chi connectivity index (χ2n) is 19.1. The number of aromatic nitrogens is 5. The Kier molecular flexibility index (Phi) is 8.83. The van der Waals surface area contributed by atoms with Gasteiger partial charge in [0.1, 0.15) is 0 Å². The SMILES string of the molecule is CC1CC(C)(C)c2cc(-c3ccccc3-n3c4ccccc4c4ccc5c6ccccc6n(-c6nc(-c7ccccc7)nc(-c7ccc(-c8ccccc8)cc7)n6)c5c43)ccc2C1(C)C. The van der Waals surface area contributed by atoms with E-state index >= 15 is 0 Å². The van der Waals surface area contributed by atoms with Crippen molar-refractivity contribution >= 4 is 43.6 Å². The minimum atomic E-state index is 0.0566. The minimum absolute atomic E-state index is 0.0566. The molecule has 0 spiro atoms. The molecule has 0 aliphatic heterocycles. The highest BCUT2D eigenvalue weighted by Gasteiger charge is 2.42. The summed E-state index contributed by atoms with van der Waals surface area (Å²) in [6, 6.07) is 67.6. The number of hydrogen-bond donors (Lipinski definition) is 0. The molecule has 1 atom stereocenters. The molecule has 11 aromatic rings. The largest absolute Gasteiger partial charge is 0.307 e. The lowest BCUT2D eigenvalue weighted by molar-refractivity contribution is 0.233. The highest BCUT2D eigenvalue weighted by atomic mass is 15.2. The van der Waals surface area contributed by atoms with Crippen molar-refractivity contribution in [2.45, 2.75) is 51.9 Å². The Balaban J connectivity index is 1.15. The second kappa shape index (κ2) is 14.7. The van der Waals surface area contributed by atoms with Crippen molar-refractivity contribution in [1.82, 2.24) is 24.1 Å². The molecule has 0 saturated heterocycles. The summed E-state index contributed by atoms with van der Waals surface area (Å²) in [5.41, 5.74) is 15.1. The van der Waals surface area contributed by atoms with E-state index in [0.29, 0.717) is 23.5 Å². The maximum atomic E-state index is 5.41. The van der Waals surface area contributed by atoms with Crippen LogP contribution in [0.15, 0.2) is 188 Å². The van der Waals surface area contributed by atoms with Gasteiger partial charge in [-0.25, -0.2) is 4.98 Å². The van der Waals surface area contributed by atoms with E-state index in [0.717, 1.165) is 61.6 Å². The highest BCUT2D eigenvalue weighted by molar-refractivity contribution is 6.24. The fraction of sp³-hybridized carbons (Fsp3) is 0.150. The van der Waals surface area contributed by atoms with E-state index in [9.17, 15) is 0 Å². The quantitative estimate of drug-likeness (QED) is 0.168. The molecular formula is C60H49N5. The Labute approximate surface area is 379 Å². The van der Waals surface area contributed by atoms with Gasteiger partial charge in [-0.1, -0.05) is 204 Å². The number of rotatable bonds is 6. The van der Waals surface area contributed by atoms with Gasteiger partial charge in [-0.15, -0.1) is 0 Å². The molecule has 0 saturated carbocycles. The van der Waals surface area contributed by atoms with E-state index in [1.807, 2.05) is 24.3 Å². The Bertz CT molecular complexity index is 3630.